The molecule has 18 N–H and O–H groups in total. The van der Waals surface area contributed by atoms with Gasteiger partial charge in [0.25, 0.3) is 0 Å². The van der Waals surface area contributed by atoms with Crippen molar-refractivity contribution < 1.29 is 72.1 Å². The van der Waals surface area contributed by atoms with Crippen LogP contribution in [-0.2, 0) is 94.7 Å². The Balaban J connectivity index is 1.06. The molecule has 3 aromatic heterocycles. The first-order chi connectivity index (χ1) is 49.5. The van der Waals surface area contributed by atoms with Gasteiger partial charge in [-0.15, -0.1) is 0 Å². The second-order valence-electron chi connectivity index (χ2n) is 25.2. The van der Waals surface area contributed by atoms with Gasteiger partial charge in [-0.3, -0.25) is 57.5 Å². The number of carboxylic acids is 1. The number of phenolic OH excluding ortho intramolecular Hbond substituents is 1. The number of thioether (sulfide) groups is 2. The first kappa shape index (κ1) is 76.4. The van der Waals surface area contributed by atoms with E-state index in [9.17, 15) is 57.8 Å². The molecule has 2 bridgehead atoms. The van der Waals surface area contributed by atoms with E-state index in [2.05, 4.69) is 67.8 Å². The van der Waals surface area contributed by atoms with E-state index in [1.807, 2.05) is 24.3 Å². The summed E-state index contributed by atoms with van der Waals surface area (Å²) in [5.41, 5.74) is 15.8. The summed E-state index contributed by atoms with van der Waals surface area (Å²) in [6.45, 7) is 0.766. The topological polar surface area (TPSA) is 469 Å². The fourth-order valence-electron chi connectivity index (χ4n) is 12.2. The number of aliphatic carboxylic acids is 1. The molecule has 0 spiro atoms. The van der Waals surface area contributed by atoms with Crippen molar-refractivity contribution in [2.24, 2.45) is 11.5 Å². The fraction of sp³-hybridized carbons (Fsp3) is 0.386. The van der Waals surface area contributed by atoms with E-state index >= 15 is 14.4 Å². The molecule has 9 rings (SSSR count). The fourth-order valence-corrected chi connectivity index (χ4v) is 14.2. The summed E-state index contributed by atoms with van der Waals surface area (Å²) >= 11 is 2.61. The molecule has 103 heavy (non-hydrogen) atoms. The number of nitrogens with one attached hydrogen (secondary N) is 12. The molecule has 1 saturated heterocycles. The van der Waals surface area contributed by atoms with Gasteiger partial charge in [0.05, 0.1) is 25.0 Å². The number of aromatic nitrogens is 4. The number of benzene rings is 4. The van der Waals surface area contributed by atoms with Crippen LogP contribution in [0.15, 0.2) is 116 Å². The molecule has 0 unspecified atom stereocenters. The van der Waals surface area contributed by atoms with Gasteiger partial charge in [0.2, 0.25) is 65.0 Å². The molecule has 0 aliphatic carbocycles. The van der Waals surface area contributed by atoms with Crippen molar-refractivity contribution in [2.45, 2.75) is 137 Å². The second-order valence-corrected chi connectivity index (χ2v) is 27.2. The van der Waals surface area contributed by atoms with Gasteiger partial charge in [-0.2, -0.15) is 23.5 Å². The average Bonchev–Trinajstić information content (AvgIpc) is 1.73. The van der Waals surface area contributed by atoms with Gasteiger partial charge >= 0.3 is 5.97 Å². The van der Waals surface area contributed by atoms with Crippen molar-refractivity contribution in [1.29, 1.82) is 0 Å². The number of primary amides is 1. The minimum atomic E-state index is -2.03. The molecule has 11 amide bonds. The molecule has 546 valence electrons. The zero-order valence-electron chi connectivity index (χ0n) is 56.2. The molecule has 0 saturated carbocycles. The Bertz CT molecular complexity index is 4210. The average molecular weight is 1460 g/mol. The highest BCUT2D eigenvalue weighted by molar-refractivity contribution is 7.98. The lowest BCUT2D eigenvalue weighted by Crippen LogP contribution is -2.61. The third-order valence-corrected chi connectivity index (χ3v) is 19.6. The smallest absolute Gasteiger partial charge is 0.305 e. The molecular formula is C70H83FN16O14S2. The summed E-state index contributed by atoms with van der Waals surface area (Å²) in [5, 5.41) is 45.2. The van der Waals surface area contributed by atoms with Crippen molar-refractivity contribution in [3.63, 3.8) is 0 Å². The molecule has 1 fully saturated rings. The number of carbonyl (C=O) groups excluding carboxylic acids is 11. The number of imidazole rings is 1. The number of rotatable bonds is 16. The van der Waals surface area contributed by atoms with E-state index in [0.29, 0.717) is 58.3 Å². The first-order valence-corrected chi connectivity index (χ1v) is 35.8. The summed E-state index contributed by atoms with van der Waals surface area (Å²) in [6.07, 6.45) is 4.67. The van der Waals surface area contributed by atoms with Crippen LogP contribution in [0, 0.1) is 5.82 Å². The van der Waals surface area contributed by atoms with Gasteiger partial charge in [0.15, 0.2) is 0 Å². The number of hydrogen-bond acceptors (Lipinski definition) is 17. The SMILES string of the molecule is CC(=O)N[C@H]1CSCc2cccc(c2)CSC[C@@H](C(N)=O)NC(=O)[C@@H]2CCCN2C(=O)[C@H](Cc2ccc(O)cc2)NC(=O)[C@H](Cc2c[nH]cn2)NC(=O)[C@H](CC(=O)O)NC(=O)[C@H](Cc2c[nH]c3ccc(F)cc23)NC(=O)[C@H](Cc2c[nH]c3ccccc23)NC(=O)CNC(=O)[C@H](CCCCN)NC1=O. The number of nitrogens with zero attached hydrogens (tertiary/aromatic N) is 2. The first-order valence-electron chi connectivity index (χ1n) is 33.5. The third-order valence-electron chi connectivity index (χ3n) is 17.4. The van der Waals surface area contributed by atoms with Gasteiger partial charge in [0, 0.05) is 103 Å². The Hall–Kier alpha value is -10.8. The number of phenols is 1. The summed E-state index contributed by atoms with van der Waals surface area (Å²) in [5.74, 6) is -11.3. The van der Waals surface area contributed by atoms with Gasteiger partial charge in [-0.25, -0.2) is 9.37 Å². The van der Waals surface area contributed by atoms with Crippen LogP contribution in [-0.4, -0.2) is 192 Å². The summed E-state index contributed by atoms with van der Waals surface area (Å²) in [4.78, 5) is 185. The molecule has 33 heteroatoms. The van der Waals surface area contributed by atoms with Gasteiger partial charge in [-0.1, -0.05) is 54.6 Å². The van der Waals surface area contributed by atoms with Crippen LogP contribution in [0.3, 0.4) is 0 Å². The number of fused-ring (bicyclic) bond motifs is 5. The van der Waals surface area contributed by atoms with E-state index in [1.54, 1.807) is 30.5 Å². The molecule has 0 radical (unpaired) electrons. The maximum atomic E-state index is 15.1. The zero-order chi connectivity index (χ0) is 73.7. The number of nitrogens with two attached hydrogens (primary N) is 2. The van der Waals surface area contributed by atoms with E-state index in [1.165, 1.54) is 96.5 Å². The van der Waals surface area contributed by atoms with Crippen LogP contribution in [0.2, 0.25) is 0 Å². The van der Waals surface area contributed by atoms with Gasteiger partial charge in [-0.05, 0) is 103 Å². The highest BCUT2D eigenvalue weighted by Crippen LogP contribution is 2.26. The predicted molar refractivity (Wildman–Crippen MR) is 380 cm³/mol. The molecule has 4 aromatic carbocycles. The van der Waals surface area contributed by atoms with Crippen LogP contribution in [0.5, 0.6) is 5.75 Å². The normalized spacial score (nSPS) is 22.4. The summed E-state index contributed by atoms with van der Waals surface area (Å²) in [6, 6.07) is 10.7. The minimum absolute atomic E-state index is 0.0176. The minimum Gasteiger partial charge on any atom is -0.508 e. The number of aromatic amines is 3. The molecule has 2 aliphatic heterocycles. The summed E-state index contributed by atoms with van der Waals surface area (Å²) in [7, 11) is 0. The maximum absolute atomic E-state index is 15.1. The van der Waals surface area contributed by atoms with Crippen LogP contribution in [0.25, 0.3) is 21.8 Å². The van der Waals surface area contributed by atoms with E-state index in [0.717, 1.165) is 11.1 Å². The molecule has 30 nitrogen and oxygen atoms in total. The van der Waals surface area contributed by atoms with Crippen molar-refractivity contribution in [3.8, 4) is 5.75 Å². The number of H-pyrrole nitrogens is 3. The Morgan fingerprint density at radius 2 is 1.26 bits per heavy atom. The van der Waals surface area contributed by atoms with E-state index in [4.69, 9.17) is 11.5 Å². The van der Waals surface area contributed by atoms with E-state index < -0.39 is 157 Å². The zero-order valence-corrected chi connectivity index (χ0v) is 57.9. The third kappa shape index (κ3) is 21.9. The maximum Gasteiger partial charge on any atom is 0.305 e. The molecular weight excluding hydrogens is 1370 g/mol. The number of aromatic hydroxyl groups is 1. The van der Waals surface area contributed by atoms with Crippen molar-refractivity contribution in [2.75, 3.05) is 31.1 Å². The largest absolute Gasteiger partial charge is 0.508 e. The second kappa shape index (κ2) is 36.7. The quantitative estimate of drug-likeness (QED) is 0.0594. The monoisotopic (exact) mass is 1450 g/mol. The predicted octanol–water partition coefficient (Wildman–Crippen LogP) is 0.762. The van der Waals surface area contributed by atoms with Crippen LogP contribution in [0.4, 0.5) is 4.39 Å². The highest BCUT2D eigenvalue weighted by Gasteiger charge is 2.41. The standard InChI is InChI=1S/C70H83FN16O14S2/c1-38(88)79-58-36-103-34-41-9-6-8-40(22-41)33-102-35-57(62(73)93)86-69(100)59-13-7-21-87(59)70(101)56(23-39-14-17-46(89)18-15-39)85-66(97)54(27-45-31-74-37-78-45)83-67(98)55(28-61(91)92)84-65(96)53(25-43-30-76-50-19-16-44(71)26-48(43)50)82-64(95)52(24-42-29-75-49-11-3-2-10-47(42)49)80-60(90)32-77-63(94)51(81-68(58)99)12-4-5-20-72/h2-3,6,8-11,14-19,22,26,29-31,37,51-59,75-76,89H,4-5,7,12-13,20-21,23-25,27-28,32-36,72H2,1H3,(H2,73,93)(H,74,78)(H,77,94)(H,79,88)(H,80,90)(H,81,99)(H,82,95)(H,83,98)(H,84,96)(H,85,97)(H,86,100)(H,91,92)/t51-,52-,53-,54-,55-,56-,57-,58-,59-/m0/s1. The van der Waals surface area contributed by atoms with Crippen molar-refractivity contribution >= 4 is 116 Å². The molecule has 9 atom stereocenters. The lowest BCUT2D eigenvalue weighted by atomic mass is 10.0. The number of hydrogen-bond donors (Lipinski definition) is 16. The number of amides is 11. The van der Waals surface area contributed by atoms with Gasteiger partial charge < -0.3 is 89.4 Å². The number of halogens is 1. The Morgan fingerprint density at radius 1 is 0.641 bits per heavy atom. The van der Waals surface area contributed by atoms with Crippen molar-refractivity contribution in [3.05, 3.63) is 155 Å². The van der Waals surface area contributed by atoms with Crippen LogP contribution < -0.4 is 59.3 Å². The van der Waals surface area contributed by atoms with E-state index in [-0.39, 0.29) is 72.7 Å². The van der Waals surface area contributed by atoms with Gasteiger partial charge in [0.1, 0.15) is 65.9 Å². The molecule has 5 heterocycles. The van der Waals surface area contributed by atoms with Crippen LogP contribution >= 0.6 is 23.5 Å². The number of carbonyl (C=O) groups is 12. The number of para-hydroxylation sites is 1. The Labute approximate surface area is 598 Å². The summed E-state index contributed by atoms with van der Waals surface area (Å²) < 4.78 is 15.0. The lowest BCUT2D eigenvalue weighted by molar-refractivity contribution is -0.143. The van der Waals surface area contributed by atoms with Crippen molar-refractivity contribution in [1.82, 2.24) is 72.7 Å². The Kier molecular flexibility index (Phi) is 27.2. The highest BCUT2D eigenvalue weighted by atomic mass is 32.2. The van der Waals surface area contributed by atoms with Crippen LogP contribution in [0.1, 0.15) is 79.0 Å². The number of unbranched alkanes of at least 4 members (excludes halogenated alkanes) is 1. The lowest BCUT2D eigenvalue weighted by Gasteiger charge is -2.31. The Morgan fingerprint density at radius 3 is 1.92 bits per heavy atom. The molecule has 7 aromatic rings. The number of carboxylic acid groups (broad SMARTS) is 1. The molecule has 2 aliphatic rings.